The van der Waals surface area contributed by atoms with Crippen LogP contribution in [0.1, 0.15) is 28.9 Å². The van der Waals surface area contributed by atoms with Gasteiger partial charge in [0.1, 0.15) is 5.82 Å². The molecule has 0 aliphatic heterocycles. The molecule has 0 saturated carbocycles. The maximum atomic E-state index is 12.9. The third-order valence-electron chi connectivity index (χ3n) is 3.33. The summed E-state index contributed by atoms with van der Waals surface area (Å²) in [5.41, 5.74) is 1.68. The van der Waals surface area contributed by atoms with Gasteiger partial charge in [-0.15, -0.1) is 0 Å². The van der Waals surface area contributed by atoms with Crippen LogP contribution in [0.5, 0.6) is 0 Å². The van der Waals surface area contributed by atoms with E-state index in [1.54, 1.807) is 31.2 Å². The molecule has 0 spiro atoms. The average molecular weight is 303 g/mol. The molecule has 0 bridgehead atoms. The zero-order chi connectivity index (χ0) is 15.5. The Kier molecular flexibility index (Phi) is 4.39. The standard InChI is InChI=1S/C16H14FNO2S/c1-12(15-6-8-16(17)9-7-15)21(19,20)11-14-4-2-13(10-18)3-5-14/h2-9,12H,11H2,1H3. The highest BCUT2D eigenvalue weighted by Crippen LogP contribution is 2.25. The molecular formula is C16H14FNO2S. The Balaban J connectivity index is 2.21. The van der Waals surface area contributed by atoms with Gasteiger partial charge in [-0.2, -0.15) is 5.26 Å². The van der Waals surface area contributed by atoms with Gasteiger partial charge in [-0.1, -0.05) is 24.3 Å². The van der Waals surface area contributed by atoms with Gasteiger partial charge in [-0.3, -0.25) is 0 Å². The van der Waals surface area contributed by atoms with E-state index in [2.05, 4.69) is 0 Å². The molecule has 0 amide bonds. The molecule has 0 aliphatic carbocycles. The minimum Gasteiger partial charge on any atom is -0.228 e. The van der Waals surface area contributed by atoms with Crippen LogP contribution in [0.3, 0.4) is 0 Å². The van der Waals surface area contributed by atoms with Crippen LogP contribution in [-0.2, 0) is 15.6 Å². The quantitative estimate of drug-likeness (QED) is 0.870. The molecule has 108 valence electrons. The smallest absolute Gasteiger partial charge is 0.161 e. The van der Waals surface area contributed by atoms with Gasteiger partial charge in [-0.05, 0) is 42.3 Å². The monoisotopic (exact) mass is 303 g/mol. The van der Waals surface area contributed by atoms with Gasteiger partial charge >= 0.3 is 0 Å². The van der Waals surface area contributed by atoms with E-state index in [0.29, 0.717) is 16.7 Å². The second kappa shape index (κ2) is 6.06. The molecule has 0 aliphatic rings. The number of nitrogens with zero attached hydrogens (tertiary/aromatic N) is 1. The van der Waals surface area contributed by atoms with E-state index in [-0.39, 0.29) is 5.75 Å². The van der Waals surface area contributed by atoms with Crippen molar-refractivity contribution in [2.75, 3.05) is 0 Å². The Morgan fingerprint density at radius 1 is 1.10 bits per heavy atom. The van der Waals surface area contributed by atoms with Gasteiger partial charge in [0.25, 0.3) is 0 Å². The molecule has 0 heterocycles. The van der Waals surface area contributed by atoms with E-state index in [0.717, 1.165) is 0 Å². The molecule has 0 fully saturated rings. The SMILES string of the molecule is CC(c1ccc(F)cc1)S(=O)(=O)Cc1ccc(C#N)cc1. The molecule has 0 radical (unpaired) electrons. The van der Waals surface area contributed by atoms with Gasteiger partial charge in [0.15, 0.2) is 9.84 Å². The second-order valence-electron chi connectivity index (χ2n) is 4.81. The fourth-order valence-electron chi connectivity index (χ4n) is 1.97. The maximum Gasteiger partial charge on any atom is 0.161 e. The number of hydrogen-bond acceptors (Lipinski definition) is 3. The summed E-state index contributed by atoms with van der Waals surface area (Å²) >= 11 is 0. The third kappa shape index (κ3) is 3.67. The Morgan fingerprint density at radius 2 is 1.67 bits per heavy atom. The van der Waals surface area contributed by atoms with Crippen LogP contribution in [0.4, 0.5) is 4.39 Å². The summed E-state index contributed by atoms with van der Waals surface area (Å²) in [6.07, 6.45) is 0. The molecule has 0 aromatic heterocycles. The lowest BCUT2D eigenvalue weighted by Crippen LogP contribution is -2.13. The minimum absolute atomic E-state index is 0.114. The second-order valence-corrected chi connectivity index (χ2v) is 7.13. The first-order valence-corrected chi connectivity index (χ1v) is 8.10. The lowest BCUT2D eigenvalue weighted by molar-refractivity contribution is 0.584. The Labute approximate surface area is 123 Å². The maximum absolute atomic E-state index is 12.9. The van der Waals surface area contributed by atoms with E-state index >= 15 is 0 Å². The number of hydrogen-bond donors (Lipinski definition) is 0. The van der Waals surface area contributed by atoms with E-state index in [4.69, 9.17) is 5.26 Å². The molecule has 2 aromatic rings. The van der Waals surface area contributed by atoms with Crippen LogP contribution >= 0.6 is 0 Å². The first-order chi connectivity index (χ1) is 9.92. The van der Waals surface area contributed by atoms with E-state index in [9.17, 15) is 12.8 Å². The molecule has 2 rings (SSSR count). The van der Waals surface area contributed by atoms with Crippen LogP contribution in [0.15, 0.2) is 48.5 Å². The molecule has 1 atom stereocenters. The van der Waals surface area contributed by atoms with Gasteiger partial charge in [0.2, 0.25) is 0 Å². The van der Waals surface area contributed by atoms with Crippen molar-refractivity contribution in [3.8, 4) is 6.07 Å². The van der Waals surface area contributed by atoms with Gasteiger partial charge < -0.3 is 0 Å². The zero-order valence-corrected chi connectivity index (χ0v) is 12.3. The van der Waals surface area contributed by atoms with Crippen molar-refractivity contribution in [3.63, 3.8) is 0 Å². The summed E-state index contributed by atoms with van der Waals surface area (Å²) in [7, 11) is -3.40. The lowest BCUT2D eigenvalue weighted by atomic mass is 10.2. The van der Waals surface area contributed by atoms with Gasteiger partial charge in [0, 0.05) is 0 Å². The topological polar surface area (TPSA) is 57.9 Å². The highest BCUT2D eigenvalue weighted by molar-refractivity contribution is 7.90. The van der Waals surface area contributed by atoms with Crippen molar-refractivity contribution in [1.82, 2.24) is 0 Å². The summed E-state index contributed by atoms with van der Waals surface area (Å²) in [6, 6.07) is 13.9. The largest absolute Gasteiger partial charge is 0.228 e. The molecule has 0 N–H and O–H groups in total. The van der Waals surface area contributed by atoms with Crippen molar-refractivity contribution in [3.05, 3.63) is 71.0 Å². The minimum atomic E-state index is -3.40. The zero-order valence-electron chi connectivity index (χ0n) is 11.5. The lowest BCUT2D eigenvalue weighted by Gasteiger charge is -2.13. The van der Waals surface area contributed by atoms with Crippen molar-refractivity contribution in [2.45, 2.75) is 17.9 Å². The van der Waals surface area contributed by atoms with Crippen LogP contribution in [0.2, 0.25) is 0 Å². The van der Waals surface area contributed by atoms with Crippen LogP contribution < -0.4 is 0 Å². The highest BCUT2D eigenvalue weighted by Gasteiger charge is 2.23. The molecule has 1 unspecified atom stereocenters. The molecule has 2 aromatic carbocycles. The Bertz CT molecular complexity index is 759. The summed E-state index contributed by atoms with van der Waals surface area (Å²) in [5.74, 6) is -0.507. The molecule has 3 nitrogen and oxygen atoms in total. The highest BCUT2D eigenvalue weighted by atomic mass is 32.2. The summed E-state index contributed by atoms with van der Waals surface area (Å²) in [6.45, 7) is 1.59. The van der Waals surface area contributed by atoms with Crippen molar-refractivity contribution >= 4 is 9.84 Å². The predicted octanol–water partition coefficient (Wildman–Crippen LogP) is 3.37. The normalized spacial score (nSPS) is 12.6. The van der Waals surface area contributed by atoms with Crippen molar-refractivity contribution in [1.29, 1.82) is 5.26 Å². The molecule has 21 heavy (non-hydrogen) atoms. The number of benzene rings is 2. The van der Waals surface area contributed by atoms with E-state index < -0.39 is 20.9 Å². The first kappa shape index (κ1) is 15.2. The summed E-state index contributed by atoms with van der Waals surface area (Å²) in [5, 5.41) is 8.01. The number of rotatable bonds is 4. The number of halogens is 1. The van der Waals surface area contributed by atoms with Crippen LogP contribution in [0, 0.1) is 17.1 Å². The van der Waals surface area contributed by atoms with Crippen molar-refractivity contribution in [2.24, 2.45) is 0 Å². The molecule has 5 heteroatoms. The Morgan fingerprint density at radius 3 is 2.19 bits per heavy atom. The van der Waals surface area contributed by atoms with Crippen LogP contribution in [-0.4, -0.2) is 8.42 Å². The fraction of sp³-hybridized carbons (Fsp3) is 0.188. The average Bonchev–Trinajstić information content (AvgIpc) is 2.48. The van der Waals surface area contributed by atoms with Crippen LogP contribution in [0.25, 0.3) is 0 Å². The molecule has 0 saturated heterocycles. The summed E-state index contributed by atoms with van der Waals surface area (Å²) in [4.78, 5) is 0. The van der Waals surface area contributed by atoms with Gasteiger partial charge in [0.05, 0.1) is 22.6 Å². The molecular weight excluding hydrogens is 289 g/mol. The fourth-order valence-corrected chi connectivity index (χ4v) is 3.45. The summed E-state index contributed by atoms with van der Waals surface area (Å²) < 4.78 is 37.7. The van der Waals surface area contributed by atoms with Gasteiger partial charge in [-0.25, -0.2) is 12.8 Å². The van der Waals surface area contributed by atoms with E-state index in [1.807, 2.05) is 6.07 Å². The number of nitriles is 1. The number of sulfone groups is 1. The van der Waals surface area contributed by atoms with E-state index in [1.165, 1.54) is 24.3 Å². The first-order valence-electron chi connectivity index (χ1n) is 6.38. The Hall–Kier alpha value is -2.19. The predicted molar refractivity (Wildman–Crippen MR) is 78.6 cm³/mol. The third-order valence-corrected chi connectivity index (χ3v) is 5.41. The van der Waals surface area contributed by atoms with Crippen molar-refractivity contribution < 1.29 is 12.8 Å².